The molecule has 1 aliphatic rings. The second-order valence-electron chi connectivity index (χ2n) is 4.84. The zero-order chi connectivity index (χ0) is 13.2. The number of carbonyl (C=O) groups is 1. The predicted molar refractivity (Wildman–Crippen MR) is 75.7 cm³/mol. The molecule has 0 bridgehead atoms. The van der Waals surface area contributed by atoms with Crippen LogP contribution in [0.25, 0.3) is 0 Å². The molecule has 1 amide bonds. The lowest BCUT2D eigenvalue weighted by molar-refractivity contribution is 0.0728. The maximum atomic E-state index is 12.5. The number of nitrogens with zero attached hydrogens (tertiary/aromatic N) is 1. The van der Waals surface area contributed by atoms with Gasteiger partial charge in [0.25, 0.3) is 5.91 Å². The first kappa shape index (κ1) is 11.8. The van der Waals surface area contributed by atoms with E-state index in [-0.39, 0.29) is 5.91 Å². The average Bonchev–Trinajstić information content (AvgIpc) is 2.43. The third-order valence-corrected chi connectivity index (χ3v) is 3.55. The molecular weight excluding hydrogens is 236 g/mol. The molecule has 0 radical (unpaired) electrons. The fraction of sp³-hybridized carbons (Fsp3) is 0.188. The van der Waals surface area contributed by atoms with Gasteiger partial charge < -0.3 is 10.6 Å². The van der Waals surface area contributed by atoms with E-state index in [0.717, 1.165) is 24.1 Å². The van der Waals surface area contributed by atoms with Crippen molar-refractivity contribution in [2.45, 2.75) is 13.0 Å². The standard InChI is InChI=1S/C16H16N2O/c17-14-8-4-7-13-9-10-18(16(19)15(13)14)11-12-5-2-1-3-6-12/h1-8H,9-11,17H2. The number of hydrogen-bond donors (Lipinski definition) is 1. The lowest BCUT2D eigenvalue weighted by atomic mass is 9.97. The Balaban J connectivity index is 1.88. The van der Waals surface area contributed by atoms with E-state index in [0.29, 0.717) is 17.8 Å². The third kappa shape index (κ3) is 2.19. The number of rotatable bonds is 2. The van der Waals surface area contributed by atoms with Crippen LogP contribution in [0.15, 0.2) is 48.5 Å². The molecule has 96 valence electrons. The minimum absolute atomic E-state index is 0.0446. The highest BCUT2D eigenvalue weighted by atomic mass is 16.2. The van der Waals surface area contributed by atoms with Crippen molar-refractivity contribution < 1.29 is 4.79 Å². The second-order valence-corrected chi connectivity index (χ2v) is 4.84. The van der Waals surface area contributed by atoms with Gasteiger partial charge in [0.2, 0.25) is 0 Å². The molecule has 0 saturated carbocycles. The minimum atomic E-state index is 0.0446. The summed E-state index contributed by atoms with van der Waals surface area (Å²) in [5.74, 6) is 0.0446. The molecule has 3 rings (SSSR count). The van der Waals surface area contributed by atoms with E-state index in [2.05, 4.69) is 0 Å². The lowest BCUT2D eigenvalue weighted by Crippen LogP contribution is -2.37. The SMILES string of the molecule is Nc1cccc2c1C(=O)N(Cc1ccccc1)CC2. The molecule has 3 nitrogen and oxygen atoms in total. The summed E-state index contributed by atoms with van der Waals surface area (Å²) < 4.78 is 0. The normalized spacial score (nSPS) is 14.3. The van der Waals surface area contributed by atoms with E-state index in [1.807, 2.05) is 47.4 Å². The lowest BCUT2D eigenvalue weighted by Gasteiger charge is -2.29. The molecule has 2 N–H and O–H groups in total. The topological polar surface area (TPSA) is 46.3 Å². The number of anilines is 1. The first-order valence-corrected chi connectivity index (χ1v) is 6.46. The number of amides is 1. The van der Waals surface area contributed by atoms with Crippen LogP contribution < -0.4 is 5.73 Å². The average molecular weight is 252 g/mol. The number of fused-ring (bicyclic) bond motifs is 1. The zero-order valence-corrected chi connectivity index (χ0v) is 10.7. The Morgan fingerprint density at radius 3 is 2.63 bits per heavy atom. The molecule has 0 aliphatic carbocycles. The van der Waals surface area contributed by atoms with E-state index in [9.17, 15) is 4.79 Å². The van der Waals surface area contributed by atoms with Crippen molar-refractivity contribution in [3.8, 4) is 0 Å². The van der Waals surface area contributed by atoms with Gasteiger partial charge in [0.1, 0.15) is 0 Å². The molecule has 0 aromatic heterocycles. The Labute approximate surface area is 112 Å². The van der Waals surface area contributed by atoms with Crippen LogP contribution in [-0.2, 0) is 13.0 Å². The maximum absolute atomic E-state index is 12.5. The molecule has 19 heavy (non-hydrogen) atoms. The smallest absolute Gasteiger partial charge is 0.256 e. The van der Waals surface area contributed by atoms with E-state index >= 15 is 0 Å². The largest absolute Gasteiger partial charge is 0.398 e. The van der Waals surface area contributed by atoms with Gasteiger partial charge in [-0.1, -0.05) is 42.5 Å². The van der Waals surface area contributed by atoms with Crippen LogP contribution in [0.5, 0.6) is 0 Å². The monoisotopic (exact) mass is 252 g/mol. The first-order chi connectivity index (χ1) is 9.25. The van der Waals surface area contributed by atoms with E-state index in [4.69, 9.17) is 5.73 Å². The van der Waals surface area contributed by atoms with Crippen LogP contribution in [0.1, 0.15) is 21.5 Å². The fourth-order valence-electron chi connectivity index (χ4n) is 2.56. The van der Waals surface area contributed by atoms with Crippen LogP contribution in [-0.4, -0.2) is 17.4 Å². The van der Waals surface area contributed by atoms with Crippen molar-refractivity contribution >= 4 is 11.6 Å². The van der Waals surface area contributed by atoms with Crippen LogP contribution in [0.4, 0.5) is 5.69 Å². The van der Waals surface area contributed by atoms with E-state index in [1.165, 1.54) is 0 Å². The molecule has 2 aromatic carbocycles. The Hall–Kier alpha value is -2.29. The van der Waals surface area contributed by atoms with Gasteiger partial charge in [0, 0.05) is 18.8 Å². The van der Waals surface area contributed by atoms with Crippen LogP contribution in [0, 0.1) is 0 Å². The number of hydrogen-bond acceptors (Lipinski definition) is 2. The van der Waals surface area contributed by atoms with Gasteiger partial charge in [-0.05, 0) is 23.6 Å². The summed E-state index contributed by atoms with van der Waals surface area (Å²) in [4.78, 5) is 14.4. The van der Waals surface area contributed by atoms with Crippen molar-refractivity contribution in [2.75, 3.05) is 12.3 Å². The highest BCUT2D eigenvalue weighted by molar-refractivity contribution is 6.01. The van der Waals surface area contributed by atoms with Crippen molar-refractivity contribution in [3.05, 3.63) is 65.2 Å². The molecule has 1 aliphatic heterocycles. The molecule has 2 aromatic rings. The Morgan fingerprint density at radius 2 is 1.84 bits per heavy atom. The molecule has 3 heteroatoms. The summed E-state index contributed by atoms with van der Waals surface area (Å²) in [6, 6.07) is 15.7. The molecule has 0 atom stereocenters. The Kier molecular flexibility index (Phi) is 2.95. The predicted octanol–water partition coefficient (Wildman–Crippen LogP) is 2.47. The van der Waals surface area contributed by atoms with Crippen molar-refractivity contribution in [1.29, 1.82) is 0 Å². The van der Waals surface area contributed by atoms with Crippen molar-refractivity contribution in [3.63, 3.8) is 0 Å². The van der Waals surface area contributed by atoms with Crippen LogP contribution in [0.3, 0.4) is 0 Å². The molecule has 0 fully saturated rings. The number of nitrogen functional groups attached to an aromatic ring is 1. The second kappa shape index (κ2) is 4.76. The van der Waals surface area contributed by atoms with Crippen molar-refractivity contribution in [2.24, 2.45) is 0 Å². The summed E-state index contributed by atoms with van der Waals surface area (Å²) in [7, 11) is 0. The van der Waals surface area contributed by atoms with Crippen LogP contribution in [0.2, 0.25) is 0 Å². The number of benzene rings is 2. The molecule has 0 saturated heterocycles. The first-order valence-electron chi connectivity index (χ1n) is 6.46. The highest BCUT2D eigenvalue weighted by Gasteiger charge is 2.25. The number of nitrogens with two attached hydrogens (primary N) is 1. The van der Waals surface area contributed by atoms with Gasteiger partial charge in [-0.25, -0.2) is 0 Å². The summed E-state index contributed by atoms with van der Waals surface area (Å²) >= 11 is 0. The third-order valence-electron chi connectivity index (χ3n) is 3.55. The van der Waals surface area contributed by atoms with Gasteiger partial charge in [0.05, 0.1) is 5.56 Å². The zero-order valence-electron chi connectivity index (χ0n) is 10.7. The molecule has 0 unspecified atom stereocenters. The summed E-state index contributed by atoms with van der Waals surface area (Å²) in [5.41, 5.74) is 9.42. The fourth-order valence-corrected chi connectivity index (χ4v) is 2.56. The summed E-state index contributed by atoms with van der Waals surface area (Å²) in [6.07, 6.45) is 0.874. The quantitative estimate of drug-likeness (QED) is 0.835. The van der Waals surface area contributed by atoms with Crippen molar-refractivity contribution in [1.82, 2.24) is 4.90 Å². The van der Waals surface area contributed by atoms with Gasteiger partial charge in [-0.2, -0.15) is 0 Å². The minimum Gasteiger partial charge on any atom is -0.398 e. The maximum Gasteiger partial charge on any atom is 0.256 e. The molecule has 1 heterocycles. The van der Waals surface area contributed by atoms with Gasteiger partial charge in [0.15, 0.2) is 0 Å². The number of carbonyl (C=O) groups excluding carboxylic acids is 1. The summed E-state index contributed by atoms with van der Waals surface area (Å²) in [6.45, 7) is 1.40. The molecule has 0 spiro atoms. The van der Waals surface area contributed by atoms with E-state index in [1.54, 1.807) is 6.07 Å². The van der Waals surface area contributed by atoms with Gasteiger partial charge in [-0.3, -0.25) is 4.79 Å². The summed E-state index contributed by atoms with van der Waals surface area (Å²) in [5, 5.41) is 0. The van der Waals surface area contributed by atoms with Crippen LogP contribution >= 0.6 is 0 Å². The Morgan fingerprint density at radius 1 is 1.05 bits per heavy atom. The van der Waals surface area contributed by atoms with E-state index < -0.39 is 0 Å². The van der Waals surface area contributed by atoms with Gasteiger partial charge >= 0.3 is 0 Å². The Bertz CT molecular complexity index is 607. The molecular formula is C16H16N2O. The van der Waals surface area contributed by atoms with Gasteiger partial charge in [-0.15, -0.1) is 0 Å². The highest BCUT2D eigenvalue weighted by Crippen LogP contribution is 2.25.